The van der Waals surface area contributed by atoms with Crippen LogP contribution in [-0.2, 0) is 9.59 Å². The van der Waals surface area contributed by atoms with E-state index in [2.05, 4.69) is 10.6 Å². The fourth-order valence-corrected chi connectivity index (χ4v) is 3.00. The molecular weight excluding hydrogens is 350 g/mol. The molecule has 8 heteroatoms. The maximum atomic E-state index is 12.3. The molecule has 2 unspecified atom stereocenters. The number of carbonyl (C=O) groups is 3. The Balaban J connectivity index is 1.45. The topological polar surface area (TPSA) is 108 Å². The zero-order chi connectivity index (χ0) is 19.4. The normalized spacial score (nSPS) is 20.0. The minimum Gasteiger partial charge on any atom is -0.484 e. The van der Waals surface area contributed by atoms with Crippen molar-refractivity contribution in [3.05, 3.63) is 29.8 Å². The lowest BCUT2D eigenvalue weighted by Crippen LogP contribution is -2.40. The summed E-state index contributed by atoms with van der Waals surface area (Å²) in [5.41, 5.74) is 0.895. The van der Waals surface area contributed by atoms with Crippen molar-refractivity contribution in [1.82, 2.24) is 15.5 Å². The third-order valence-corrected chi connectivity index (χ3v) is 4.86. The Morgan fingerprint density at radius 2 is 1.93 bits per heavy atom. The number of carbonyl (C=O) groups excluding carboxylic acids is 2. The van der Waals surface area contributed by atoms with Crippen molar-refractivity contribution < 1.29 is 24.2 Å². The Labute approximate surface area is 157 Å². The number of nitrogens with zero attached hydrogens (tertiary/aromatic N) is 1. The van der Waals surface area contributed by atoms with Crippen molar-refractivity contribution in [3.8, 4) is 5.75 Å². The number of carboxylic acids is 1. The zero-order valence-corrected chi connectivity index (χ0v) is 15.3. The molecule has 0 radical (unpaired) electrons. The zero-order valence-electron chi connectivity index (χ0n) is 15.3. The molecular formula is C19H25N3O5. The van der Waals surface area contributed by atoms with E-state index in [-0.39, 0.29) is 31.1 Å². The van der Waals surface area contributed by atoms with Crippen LogP contribution in [0.15, 0.2) is 24.3 Å². The van der Waals surface area contributed by atoms with Gasteiger partial charge in [0, 0.05) is 19.1 Å². The Morgan fingerprint density at radius 1 is 1.22 bits per heavy atom. The maximum Gasteiger partial charge on any atom is 0.317 e. The van der Waals surface area contributed by atoms with E-state index in [0.717, 1.165) is 18.4 Å². The van der Waals surface area contributed by atoms with Crippen LogP contribution >= 0.6 is 0 Å². The predicted molar refractivity (Wildman–Crippen MR) is 97.4 cm³/mol. The van der Waals surface area contributed by atoms with Crippen molar-refractivity contribution in [2.24, 2.45) is 5.92 Å². The Kier molecular flexibility index (Phi) is 5.83. The lowest BCUT2D eigenvalue weighted by Gasteiger charge is -2.21. The summed E-state index contributed by atoms with van der Waals surface area (Å²) in [5.74, 6) is -0.876. The number of rotatable bonds is 7. The summed E-state index contributed by atoms with van der Waals surface area (Å²) in [7, 11) is 0. The number of urea groups is 1. The van der Waals surface area contributed by atoms with Gasteiger partial charge in [-0.25, -0.2) is 4.79 Å². The molecule has 0 aromatic heterocycles. The van der Waals surface area contributed by atoms with E-state index < -0.39 is 11.9 Å². The number of ether oxygens (including phenoxy) is 1. The summed E-state index contributed by atoms with van der Waals surface area (Å²) in [6, 6.07) is 7.02. The quantitative estimate of drug-likeness (QED) is 0.670. The number of aliphatic carboxylic acids is 1. The standard InChI is InChI=1S/C19H25N3O5/c1-12(20-19(26)22-9-8-14(10-22)18(24)25)13-2-6-16(7-3-13)27-11-17(23)21-15-4-5-15/h2-3,6-7,12,14-15H,4-5,8-11H2,1H3,(H,20,26)(H,21,23)(H,24,25). The van der Waals surface area contributed by atoms with Gasteiger partial charge in [0.1, 0.15) is 5.75 Å². The van der Waals surface area contributed by atoms with E-state index >= 15 is 0 Å². The summed E-state index contributed by atoms with van der Waals surface area (Å²) in [6.45, 7) is 2.54. The average molecular weight is 375 g/mol. The van der Waals surface area contributed by atoms with Crippen molar-refractivity contribution in [3.63, 3.8) is 0 Å². The van der Waals surface area contributed by atoms with Gasteiger partial charge in [-0.2, -0.15) is 0 Å². The summed E-state index contributed by atoms with van der Waals surface area (Å²) in [5, 5.41) is 14.8. The molecule has 0 spiro atoms. The van der Waals surface area contributed by atoms with E-state index in [0.29, 0.717) is 24.8 Å². The second-order valence-electron chi connectivity index (χ2n) is 7.14. The third kappa shape index (κ3) is 5.35. The minimum atomic E-state index is -0.861. The maximum absolute atomic E-state index is 12.3. The van der Waals surface area contributed by atoms with E-state index in [9.17, 15) is 14.4 Å². The Hall–Kier alpha value is -2.77. The molecule has 1 aliphatic carbocycles. The molecule has 8 nitrogen and oxygen atoms in total. The first-order valence-corrected chi connectivity index (χ1v) is 9.22. The molecule has 0 bridgehead atoms. The van der Waals surface area contributed by atoms with Gasteiger partial charge in [-0.3, -0.25) is 9.59 Å². The third-order valence-electron chi connectivity index (χ3n) is 4.86. The molecule has 1 aromatic rings. The lowest BCUT2D eigenvalue weighted by atomic mass is 10.1. The van der Waals surface area contributed by atoms with E-state index in [1.54, 1.807) is 12.1 Å². The number of hydrogen-bond donors (Lipinski definition) is 3. The van der Waals surface area contributed by atoms with Gasteiger partial charge < -0.3 is 25.4 Å². The highest BCUT2D eigenvalue weighted by Gasteiger charge is 2.31. The van der Waals surface area contributed by atoms with Crippen LogP contribution in [-0.4, -0.2) is 53.7 Å². The van der Waals surface area contributed by atoms with Crippen molar-refractivity contribution in [1.29, 1.82) is 0 Å². The van der Waals surface area contributed by atoms with Crippen LogP contribution in [0, 0.1) is 5.92 Å². The Morgan fingerprint density at radius 3 is 2.52 bits per heavy atom. The fourth-order valence-electron chi connectivity index (χ4n) is 3.00. The first-order chi connectivity index (χ1) is 12.9. The number of benzene rings is 1. The Bertz CT molecular complexity index is 702. The molecule has 1 saturated heterocycles. The number of likely N-dealkylation sites (tertiary alicyclic amines) is 1. The van der Waals surface area contributed by atoms with E-state index in [4.69, 9.17) is 9.84 Å². The molecule has 1 heterocycles. The second-order valence-corrected chi connectivity index (χ2v) is 7.14. The van der Waals surface area contributed by atoms with Crippen LogP contribution in [0.2, 0.25) is 0 Å². The lowest BCUT2D eigenvalue weighted by molar-refractivity contribution is -0.141. The number of nitrogens with one attached hydrogen (secondary N) is 2. The van der Waals surface area contributed by atoms with E-state index in [1.807, 2.05) is 19.1 Å². The van der Waals surface area contributed by atoms with Crippen molar-refractivity contribution in [2.75, 3.05) is 19.7 Å². The molecule has 146 valence electrons. The largest absolute Gasteiger partial charge is 0.484 e. The molecule has 2 aliphatic rings. The van der Waals surface area contributed by atoms with Gasteiger partial charge in [-0.05, 0) is 43.9 Å². The highest BCUT2D eigenvalue weighted by Crippen LogP contribution is 2.21. The van der Waals surface area contributed by atoms with Gasteiger partial charge in [0.05, 0.1) is 12.0 Å². The summed E-state index contributed by atoms with van der Waals surface area (Å²) in [4.78, 5) is 36.5. The number of amides is 3. The van der Waals surface area contributed by atoms with Crippen LogP contribution in [0.25, 0.3) is 0 Å². The van der Waals surface area contributed by atoms with Crippen LogP contribution in [0.4, 0.5) is 4.79 Å². The second kappa shape index (κ2) is 8.28. The smallest absolute Gasteiger partial charge is 0.317 e. The fraction of sp³-hybridized carbons (Fsp3) is 0.526. The molecule has 27 heavy (non-hydrogen) atoms. The number of hydrogen-bond acceptors (Lipinski definition) is 4. The van der Waals surface area contributed by atoms with Gasteiger partial charge in [-0.15, -0.1) is 0 Å². The van der Waals surface area contributed by atoms with Crippen LogP contribution in [0.3, 0.4) is 0 Å². The van der Waals surface area contributed by atoms with Gasteiger partial charge >= 0.3 is 12.0 Å². The molecule has 1 aromatic carbocycles. The monoisotopic (exact) mass is 375 g/mol. The summed E-state index contributed by atoms with van der Waals surface area (Å²) < 4.78 is 5.46. The molecule has 1 aliphatic heterocycles. The summed E-state index contributed by atoms with van der Waals surface area (Å²) >= 11 is 0. The number of carboxylic acid groups (broad SMARTS) is 1. The van der Waals surface area contributed by atoms with E-state index in [1.165, 1.54) is 4.90 Å². The van der Waals surface area contributed by atoms with Crippen LogP contribution in [0.1, 0.15) is 37.8 Å². The SMILES string of the molecule is CC(NC(=O)N1CCC(C(=O)O)C1)c1ccc(OCC(=O)NC2CC2)cc1. The molecule has 2 fully saturated rings. The molecule has 3 rings (SSSR count). The van der Waals surface area contributed by atoms with Crippen LogP contribution in [0.5, 0.6) is 5.75 Å². The van der Waals surface area contributed by atoms with Gasteiger partial charge in [0.15, 0.2) is 6.61 Å². The average Bonchev–Trinajstić information content (AvgIpc) is 3.30. The first-order valence-electron chi connectivity index (χ1n) is 9.22. The molecule has 3 N–H and O–H groups in total. The van der Waals surface area contributed by atoms with Crippen molar-refractivity contribution in [2.45, 2.75) is 38.3 Å². The highest BCUT2D eigenvalue weighted by atomic mass is 16.5. The van der Waals surface area contributed by atoms with Gasteiger partial charge in [-0.1, -0.05) is 12.1 Å². The summed E-state index contributed by atoms with van der Waals surface area (Å²) in [6.07, 6.45) is 2.56. The minimum absolute atomic E-state index is 0.0121. The van der Waals surface area contributed by atoms with Crippen molar-refractivity contribution >= 4 is 17.9 Å². The predicted octanol–water partition coefficient (Wildman–Crippen LogP) is 1.52. The molecule has 3 amide bonds. The highest BCUT2D eigenvalue weighted by molar-refractivity contribution is 5.78. The molecule has 1 saturated carbocycles. The first kappa shape index (κ1) is 19.0. The van der Waals surface area contributed by atoms with Gasteiger partial charge in [0.25, 0.3) is 5.91 Å². The molecule has 2 atom stereocenters. The van der Waals surface area contributed by atoms with Gasteiger partial charge in [0.2, 0.25) is 0 Å². The van der Waals surface area contributed by atoms with Crippen LogP contribution < -0.4 is 15.4 Å².